The molecule has 0 fully saturated rings. The van der Waals surface area contributed by atoms with Gasteiger partial charge in [-0.2, -0.15) is 0 Å². The molecule has 136 valence electrons. The van der Waals surface area contributed by atoms with Crippen molar-refractivity contribution >= 4 is 20.9 Å². The Morgan fingerprint density at radius 3 is 2.54 bits per heavy atom. The second kappa shape index (κ2) is 7.85. The van der Waals surface area contributed by atoms with Gasteiger partial charge in [-0.05, 0) is 54.5 Å². The molecule has 0 amide bonds. The molecule has 0 aliphatic heterocycles. The molecule has 0 aliphatic rings. The van der Waals surface area contributed by atoms with E-state index in [9.17, 15) is 13.2 Å². The molecule has 1 aromatic heterocycles. The fourth-order valence-electron chi connectivity index (χ4n) is 2.85. The highest BCUT2D eigenvalue weighted by molar-refractivity contribution is 7.89. The average Bonchev–Trinajstić information content (AvgIpc) is 2.62. The lowest BCUT2D eigenvalue weighted by Crippen LogP contribution is -2.26. The zero-order chi connectivity index (χ0) is 18.6. The summed E-state index contributed by atoms with van der Waals surface area (Å²) in [5, 5.41) is 0.892. The minimum absolute atomic E-state index is 0.0991. The first-order valence-electron chi connectivity index (χ1n) is 8.57. The number of aromatic amines is 1. The quantitative estimate of drug-likeness (QED) is 0.671. The van der Waals surface area contributed by atoms with Crippen LogP contribution in [0.25, 0.3) is 10.9 Å². The van der Waals surface area contributed by atoms with E-state index in [1.54, 1.807) is 13.0 Å². The van der Waals surface area contributed by atoms with Crippen molar-refractivity contribution in [2.75, 3.05) is 5.75 Å². The molecule has 26 heavy (non-hydrogen) atoms. The number of aryl methyl sites for hydroxylation is 2. The molecule has 2 aromatic carbocycles. The Morgan fingerprint density at radius 1 is 1.00 bits per heavy atom. The third-order valence-corrected chi connectivity index (χ3v) is 5.72. The summed E-state index contributed by atoms with van der Waals surface area (Å²) >= 11 is 0. The van der Waals surface area contributed by atoms with Crippen LogP contribution in [0.4, 0.5) is 0 Å². The van der Waals surface area contributed by atoms with E-state index in [0.717, 1.165) is 28.5 Å². The maximum atomic E-state index is 12.2. The van der Waals surface area contributed by atoms with Gasteiger partial charge in [-0.25, -0.2) is 13.1 Å². The highest BCUT2D eigenvalue weighted by atomic mass is 32.2. The fourth-order valence-corrected chi connectivity index (χ4v) is 3.91. The highest BCUT2D eigenvalue weighted by Crippen LogP contribution is 2.14. The van der Waals surface area contributed by atoms with E-state index in [1.165, 1.54) is 0 Å². The molecule has 0 radical (unpaired) electrons. The number of aromatic nitrogens is 1. The Balaban J connectivity index is 1.59. The molecule has 1 heterocycles. The Hall–Kier alpha value is -2.44. The van der Waals surface area contributed by atoms with Gasteiger partial charge in [0.2, 0.25) is 10.0 Å². The SMILES string of the molecule is Cc1cc2cc(CNS(=O)(=O)CCCc3ccccc3)ccc2[nH]c1=O. The number of hydrogen-bond acceptors (Lipinski definition) is 3. The van der Waals surface area contributed by atoms with Crippen LogP contribution in [0.2, 0.25) is 0 Å². The highest BCUT2D eigenvalue weighted by Gasteiger charge is 2.10. The van der Waals surface area contributed by atoms with Crippen molar-refractivity contribution in [2.24, 2.45) is 0 Å². The molecule has 0 saturated heterocycles. The van der Waals surface area contributed by atoms with Gasteiger partial charge in [0.05, 0.1) is 5.75 Å². The summed E-state index contributed by atoms with van der Waals surface area (Å²) in [6.07, 6.45) is 1.32. The zero-order valence-electron chi connectivity index (χ0n) is 14.7. The molecule has 0 aliphatic carbocycles. The van der Waals surface area contributed by atoms with E-state index in [2.05, 4.69) is 9.71 Å². The van der Waals surface area contributed by atoms with Gasteiger partial charge >= 0.3 is 0 Å². The van der Waals surface area contributed by atoms with Crippen LogP contribution in [0, 0.1) is 6.92 Å². The summed E-state index contributed by atoms with van der Waals surface area (Å²) in [6, 6.07) is 17.2. The molecule has 0 unspecified atom stereocenters. The standard InChI is InChI=1S/C20H22N2O3S/c1-15-12-18-13-17(9-10-19(18)22-20(15)23)14-21-26(24,25)11-5-8-16-6-3-2-4-7-16/h2-4,6-7,9-10,12-13,21H,5,8,11,14H2,1H3,(H,22,23). The van der Waals surface area contributed by atoms with Gasteiger partial charge < -0.3 is 4.98 Å². The van der Waals surface area contributed by atoms with Crippen molar-refractivity contribution in [2.45, 2.75) is 26.3 Å². The molecule has 0 spiro atoms. The number of fused-ring (bicyclic) bond motifs is 1. The van der Waals surface area contributed by atoms with Crippen LogP contribution in [-0.2, 0) is 23.0 Å². The van der Waals surface area contributed by atoms with Crippen molar-refractivity contribution in [3.8, 4) is 0 Å². The largest absolute Gasteiger partial charge is 0.322 e. The van der Waals surface area contributed by atoms with Crippen LogP contribution >= 0.6 is 0 Å². The summed E-state index contributed by atoms with van der Waals surface area (Å²) in [4.78, 5) is 14.4. The number of pyridine rings is 1. The van der Waals surface area contributed by atoms with Crippen LogP contribution in [0.1, 0.15) is 23.1 Å². The molecule has 5 nitrogen and oxygen atoms in total. The third-order valence-electron chi connectivity index (χ3n) is 4.31. The Kier molecular flexibility index (Phi) is 5.54. The topological polar surface area (TPSA) is 79.0 Å². The first kappa shape index (κ1) is 18.4. The van der Waals surface area contributed by atoms with Crippen LogP contribution in [-0.4, -0.2) is 19.2 Å². The van der Waals surface area contributed by atoms with E-state index >= 15 is 0 Å². The average molecular weight is 370 g/mol. The number of H-pyrrole nitrogens is 1. The van der Waals surface area contributed by atoms with Gasteiger partial charge in [-0.15, -0.1) is 0 Å². The van der Waals surface area contributed by atoms with Gasteiger partial charge in [0, 0.05) is 17.6 Å². The second-order valence-electron chi connectivity index (χ2n) is 6.43. The summed E-state index contributed by atoms with van der Waals surface area (Å²) in [6.45, 7) is 1.99. The molecule has 6 heteroatoms. The van der Waals surface area contributed by atoms with Gasteiger partial charge in [-0.1, -0.05) is 36.4 Å². The molecular formula is C20H22N2O3S. The molecule has 0 saturated carbocycles. The van der Waals surface area contributed by atoms with Gasteiger partial charge in [0.25, 0.3) is 5.56 Å². The summed E-state index contributed by atoms with van der Waals surface area (Å²) in [5.41, 5.74) is 3.27. The van der Waals surface area contributed by atoms with Crippen LogP contribution in [0.15, 0.2) is 59.4 Å². The molecule has 2 N–H and O–H groups in total. The number of rotatable bonds is 7. The van der Waals surface area contributed by atoms with Gasteiger partial charge in [-0.3, -0.25) is 4.79 Å². The molecule has 3 aromatic rings. The summed E-state index contributed by atoms with van der Waals surface area (Å²) < 4.78 is 27.0. The normalized spacial score (nSPS) is 11.7. The van der Waals surface area contributed by atoms with E-state index in [0.29, 0.717) is 12.0 Å². The Labute approximate surface area is 153 Å². The van der Waals surface area contributed by atoms with Crippen molar-refractivity contribution < 1.29 is 8.42 Å². The molecule has 0 bridgehead atoms. The smallest absolute Gasteiger partial charge is 0.251 e. The van der Waals surface area contributed by atoms with Crippen molar-refractivity contribution in [1.82, 2.24) is 9.71 Å². The number of sulfonamides is 1. The number of hydrogen-bond donors (Lipinski definition) is 2. The monoisotopic (exact) mass is 370 g/mol. The summed E-state index contributed by atoms with van der Waals surface area (Å²) in [5.74, 6) is 0.0991. The maximum absolute atomic E-state index is 12.2. The first-order chi connectivity index (χ1) is 12.4. The van der Waals surface area contributed by atoms with E-state index in [4.69, 9.17) is 0 Å². The van der Waals surface area contributed by atoms with Crippen molar-refractivity contribution in [3.05, 3.63) is 81.6 Å². The van der Waals surface area contributed by atoms with E-state index < -0.39 is 10.0 Å². The van der Waals surface area contributed by atoms with Crippen LogP contribution in [0.5, 0.6) is 0 Å². The predicted molar refractivity (Wildman–Crippen MR) is 105 cm³/mol. The Bertz CT molecular complexity index is 1060. The lowest BCUT2D eigenvalue weighted by molar-refractivity contribution is 0.578. The Morgan fingerprint density at radius 2 is 1.77 bits per heavy atom. The lowest BCUT2D eigenvalue weighted by atomic mass is 10.1. The van der Waals surface area contributed by atoms with E-state index in [1.807, 2.05) is 48.5 Å². The van der Waals surface area contributed by atoms with Crippen LogP contribution < -0.4 is 10.3 Å². The van der Waals surface area contributed by atoms with E-state index in [-0.39, 0.29) is 17.9 Å². The second-order valence-corrected chi connectivity index (χ2v) is 8.36. The first-order valence-corrected chi connectivity index (χ1v) is 10.2. The number of nitrogens with one attached hydrogen (secondary N) is 2. The van der Waals surface area contributed by atoms with Crippen molar-refractivity contribution in [3.63, 3.8) is 0 Å². The lowest BCUT2D eigenvalue weighted by Gasteiger charge is -2.08. The maximum Gasteiger partial charge on any atom is 0.251 e. The zero-order valence-corrected chi connectivity index (χ0v) is 15.5. The van der Waals surface area contributed by atoms with Gasteiger partial charge in [0.1, 0.15) is 0 Å². The predicted octanol–water partition coefficient (Wildman–Crippen LogP) is 2.89. The van der Waals surface area contributed by atoms with Crippen LogP contribution in [0.3, 0.4) is 0 Å². The molecule has 0 atom stereocenters. The number of benzene rings is 2. The fraction of sp³-hybridized carbons (Fsp3) is 0.250. The molecular weight excluding hydrogens is 348 g/mol. The third kappa shape index (κ3) is 4.80. The minimum atomic E-state index is -3.33. The molecule has 3 rings (SSSR count). The van der Waals surface area contributed by atoms with Crippen molar-refractivity contribution in [1.29, 1.82) is 0 Å². The minimum Gasteiger partial charge on any atom is -0.322 e. The summed E-state index contributed by atoms with van der Waals surface area (Å²) in [7, 11) is -3.33. The van der Waals surface area contributed by atoms with Gasteiger partial charge in [0.15, 0.2) is 0 Å².